The van der Waals surface area contributed by atoms with Gasteiger partial charge in [0, 0.05) is 4.47 Å². The molecule has 0 atom stereocenters. The van der Waals surface area contributed by atoms with E-state index in [1.165, 1.54) is 15.6 Å². The molecule has 0 aromatic heterocycles. The van der Waals surface area contributed by atoms with Crippen LogP contribution in [0.25, 0.3) is 0 Å². The van der Waals surface area contributed by atoms with E-state index in [0.29, 0.717) is 0 Å². The summed E-state index contributed by atoms with van der Waals surface area (Å²) in [5.41, 5.74) is 2.61. The molecule has 0 saturated carbocycles. The molecule has 0 aliphatic heterocycles. The highest BCUT2D eigenvalue weighted by molar-refractivity contribution is 9.10. The Morgan fingerprint density at radius 3 is 1.64 bits per heavy atom. The van der Waals surface area contributed by atoms with E-state index in [2.05, 4.69) is 48.0 Å². The molecule has 80 valence electrons. The van der Waals surface area contributed by atoms with Crippen molar-refractivity contribution in [3.8, 4) is 0 Å². The smallest absolute Gasteiger partial charge is 0.290 e. The summed E-state index contributed by atoms with van der Waals surface area (Å²) in [5.74, 6) is 0. The number of rotatable bonds is 0. The molecule has 1 rings (SSSR count). The van der Waals surface area contributed by atoms with Gasteiger partial charge in [-0.1, -0.05) is 35.8 Å². The predicted molar refractivity (Wildman–Crippen MR) is 63.7 cm³/mol. The fraction of sp³-hybridized carbons (Fsp3) is 0.364. The van der Waals surface area contributed by atoms with E-state index in [1.54, 1.807) is 0 Å². The third-order valence-electron chi connectivity index (χ3n) is 1.19. The minimum Gasteiger partial charge on any atom is -0.483 e. The second kappa shape index (κ2) is 10.3. The van der Waals surface area contributed by atoms with Gasteiger partial charge in [0.25, 0.3) is 6.47 Å². The Hall–Kier alpha value is -0.830. The molecule has 1 aromatic rings. The van der Waals surface area contributed by atoms with Gasteiger partial charge >= 0.3 is 0 Å². The Kier molecular flexibility index (Phi) is 11.4. The summed E-state index contributed by atoms with van der Waals surface area (Å²) in [7, 11) is 0. The molecular formula is C11H17BrO2. The van der Waals surface area contributed by atoms with Crippen LogP contribution in [0.4, 0.5) is 0 Å². The Balaban J connectivity index is 0. The van der Waals surface area contributed by atoms with Crippen LogP contribution in [0, 0.1) is 13.8 Å². The largest absolute Gasteiger partial charge is 0.483 e. The molecule has 0 amide bonds. The molecular weight excluding hydrogens is 244 g/mol. The molecule has 0 spiro atoms. The van der Waals surface area contributed by atoms with Gasteiger partial charge in [-0.2, -0.15) is 0 Å². The lowest BCUT2D eigenvalue weighted by atomic mass is 10.2. The first-order valence-corrected chi connectivity index (χ1v) is 5.21. The highest BCUT2D eigenvalue weighted by atomic mass is 79.9. The molecule has 0 bridgehead atoms. The Morgan fingerprint density at radius 1 is 1.14 bits per heavy atom. The number of carboxylic acid groups (broad SMARTS) is 1. The van der Waals surface area contributed by atoms with E-state index in [1.807, 2.05) is 13.8 Å². The second-order valence-electron chi connectivity index (χ2n) is 2.41. The molecule has 0 fully saturated rings. The fourth-order valence-corrected chi connectivity index (χ4v) is 1.64. The number of hydrogen-bond acceptors (Lipinski definition) is 1. The van der Waals surface area contributed by atoms with Crippen molar-refractivity contribution in [2.45, 2.75) is 27.7 Å². The van der Waals surface area contributed by atoms with Crippen LogP contribution in [-0.2, 0) is 4.79 Å². The van der Waals surface area contributed by atoms with Gasteiger partial charge in [0.15, 0.2) is 0 Å². The number of benzene rings is 1. The lowest BCUT2D eigenvalue weighted by Gasteiger charge is -1.95. The SMILES string of the molecule is CC.Cc1cc(C)cc(Br)c1.O=CO. The van der Waals surface area contributed by atoms with Crippen LogP contribution in [0.3, 0.4) is 0 Å². The van der Waals surface area contributed by atoms with Crippen molar-refractivity contribution in [1.29, 1.82) is 0 Å². The summed E-state index contributed by atoms with van der Waals surface area (Å²) < 4.78 is 1.17. The average Bonchev–Trinajstić information content (AvgIpc) is 2.06. The molecule has 2 nitrogen and oxygen atoms in total. The van der Waals surface area contributed by atoms with Crippen molar-refractivity contribution in [2.24, 2.45) is 0 Å². The zero-order chi connectivity index (χ0) is 11.6. The highest BCUT2D eigenvalue weighted by Gasteiger charge is 1.88. The van der Waals surface area contributed by atoms with Gasteiger partial charge in [-0.25, -0.2) is 0 Å². The molecule has 1 N–H and O–H groups in total. The van der Waals surface area contributed by atoms with Crippen LogP contribution in [0.2, 0.25) is 0 Å². The molecule has 0 unspecified atom stereocenters. The first kappa shape index (κ1) is 15.6. The number of halogens is 1. The van der Waals surface area contributed by atoms with E-state index >= 15 is 0 Å². The Bertz CT molecular complexity index is 209. The topological polar surface area (TPSA) is 37.3 Å². The van der Waals surface area contributed by atoms with Gasteiger partial charge in [0.2, 0.25) is 0 Å². The summed E-state index contributed by atoms with van der Waals surface area (Å²) in [5, 5.41) is 6.89. The molecule has 14 heavy (non-hydrogen) atoms. The molecule has 0 heterocycles. The van der Waals surface area contributed by atoms with E-state index in [0.717, 1.165) is 0 Å². The third-order valence-corrected chi connectivity index (χ3v) is 1.64. The Morgan fingerprint density at radius 2 is 1.43 bits per heavy atom. The van der Waals surface area contributed by atoms with Crippen molar-refractivity contribution < 1.29 is 9.90 Å². The van der Waals surface area contributed by atoms with Crippen molar-refractivity contribution in [2.75, 3.05) is 0 Å². The number of aryl methyl sites for hydroxylation is 2. The molecule has 1 aromatic carbocycles. The fourth-order valence-electron chi connectivity index (χ4n) is 0.919. The summed E-state index contributed by atoms with van der Waals surface area (Å²) in [6.07, 6.45) is 0. The van der Waals surface area contributed by atoms with Crippen LogP contribution >= 0.6 is 15.9 Å². The first-order chi connectivity index (χ1) is 6.60. The zero-order valence-corrected chi connectivity index (χ0v) is 10.6. The second-order valence-corrected chi connectivity index (χ2v) is 3.33. The van der Waals surface area contributed by atoms with Crippen molar-refractivity contribution in [3.63, 3.8) is 0 Å². The number of carbonyl (C=O) groups is 1. The van der Waals surface area contributed by atoms with Gasteiger partial charge in [-0.05, 0) is 37.1 Å². The van der Waals surface area contributed by atoms with Crippen LogP contribution in [0.1, 0.15) is 25.0 Å². The lowest BCUT2D eigenvalue weighted by molar-refractivity contribution is -0.122. The number of hydrogen-bond donors (Lipinski definition) is 1. The third kappa shape index (κ3) is 9.26. The lowest BCUT2D eigenvalue weighted by Crippen LogP contribution is -1.74. The summed E-state index contributed by atoms with van der Waals surface area (Å²) in [6.45, 7) is 7.94. The van der Waals surface area contributed by atoms with E-state index in [9.17, 15) is 0 Å². The molecule has 0 saturated heterocycles. The zero-order valence-electron chi connectivity index (χ0n) is 9.04. The highest BCUT2D eigenvalue weighted by Crippen LogP contribution is 2.13. The van der Waals surface area contributed by atoms with Gasteiger partial charge in [0.1, 0.15) is 0 Å². The maximum atomic E-state index is 8.36. The maximum Gasteiger partial charge on any atom is 0.290 e. The molecule has 0 radical (unpaired) electrons. The summed E-state index contributed by atoms with van der Waals surface area (Å²) in [6, 6.07) is 6.37. The minimum atomic E-state index is -0.250. The van der Waals surface area contributed by atoms with E-state index < -0.39 is 0 Å². The summed E-state index contributed by atoms with van der Waals surface area (Å²) in [4.78, 5) is 8.36. The van der Waals surface area contributed by atoms with E-state index in [-0.39, 0.29) is 6.47 Å². The molecule has 0 aliphatic carbocycles. The van der Waals surface area contributed by atoms with Crippen molar-refractivity contribution >= 4 is 22.4 Å². The van der Waals surface area contributed by atoms with Gasteiger partial charge < -0.3 is 5.11 Å². The molecule has 0 aliphatic rings. The van der Waals surface area contributed by atoms with Crippen LogP contribution in [0.15, 0.2) is 22.7 Å². The first-order valence-electron chi connectivity index (χ1n) is 4.41. The molecule has 3 heteroatoms. The summed E-state index contributed by atoms with van der Waals surface area (Å²) >= 11 is 3.41. The monoisotopic (exact) mass is 260 g/mol. The predicted octanol–water partition coefficient (Wildman–Crippen LogP) is 3.79. The Labute approximate surface area is 94.1 Å². The minimum absolute atomic E-state index is 0.250. The maximum absolute atomic E-state index is 8.36. The van der Waals surface area contributed by atoms with Gasteiger partial charge in [-0.3, -0.25) is 4.79 Å². The quantitative estimate of drug-likeness (QED) is 0.721. The van der Waals surface area contributed by atoms with Gasteiger partial charge in [-0.15, -0.1) is 0 Å². The average molecular weight is 261 g/mol. The van der Waals surface area contributed by atoms with Crippen LogP contribution < -0.4 is 0 Å². The van der Waals surface area contributed by atoms with Crippen LogP contribution in [-0.4, -0.2) is 11.6 Å². The van der Waals surface area contributed by atoms with Gasteiger partial charge in [0.05, 0.1) is 0 Å². The normalized spacial score (nSPS) is 7.50. The van der Waals surface area contributed by atoms with Crippen LogP contribution in [0.5, 0.6) is 0 Å². The van der Waals surface area contributed by atoms with Crippen molar-refractivity contribution in [1.82, 2.24) is 0 Å². The standard InChI is InChI=1S/C8H9Br.C2H6.CH2O2/c1-6-3-7(2)5-8(9)4-6;1-2;2-1-3/h3-5H,1-2H3;1-2H3;1H,(H,2,3). The van der Waals surface area contributed by atoms with Crippen molar-refractivity contribution in [3.05, 3.63) is 33.8 Å². The van der Waals surface area contributed by atoms with E-state index in [4.69, 9.17) is 9.90 Å².